The average molecular weight is 472 g/mol. The van der Waals surface area contributed by atoms with Crippen molar-refractivity contribution in [2.75, 3.05) is 4.90 Å². The summed E-state index contributed by atoms with van der Waals surface area (Å²) in [4.78, 5) is 37.4. The lowest BCUT2D eigenvalue weighted by Crippen LogP contribution is -2.32. The molecule has 9 heteroatoms. The quantitative estimate of drug-likeness (QED) is 0.403. The molecule has 3 aromatic heterocycles. The van der Waals surface area contributed by atoms with Gasteiger partial charge in [-0.1, -0.05) is 53.3 Å². The Bertz CT molecular complexity index is 1640. The highest BCUT2D eigenvalue weighted by atomic mass is 35.5. The number of nitrogens with zero attached hydrogens (tertiary/aromatic N) is 5. The molecule has 6 rings (SSSR count). The van der Waals surface area contributed by atoms with Gasteiger partial charge >= 0.3 is 0 Å². The number of amides is 1. The Morgan fingerprint density at radius 2 is 1.70 bits per heavy atom. The van der Waals surface area contributed by atoms with Gasteiger partial charge in [0.25, 0.3) is 11.5 Å². The van der Waals surface area contributed by atoms with E-state index < -0.39 is 0 Å². The third-order valence-corrected chi connectivity index (χ3v) is 6.78. The normalized spacial score (nSPS) is 14.8. The van der Waals surface area contributed by atoms with Crippen LogP contribution in [0.25, 0.3) is 21.9 Å². The van der Waals surface area contributed by atoms with Crippen LogP contribution in [0.4, 0.5) is 5.69 Å². The molecule has 0 radical (unpaired) electrons. The molecule has 0 N–H and O–H groups in total. The van der Waals surface area contributed by atoms with E-state index in [9.17, 15) is 9.59 Å². The summed E-state index contributed by atoms with van der Waals surface area (Å²) >= 11 is 7.18. The third-order valence-electron chi connectivity index (χ3n) is 5.50. The summed E-state index contributed by atoms with van der Waals surface area (Å²) in [5.74, 6) is 0.224. The molecular formula is C24H14ClN5O2S. The molecule has 1 amide bonds. The lowest BCUT2D eigenvalue weighted by molar-refractivity contribution is -0.113. The van der Waals surface area contributed by atoms with Gasteiger partial charge in [0.05, 0.1) is 17.8 Å². The molecule has 0 saturated carbocycles. The van der Waals surface area contributed by atoms with Crippen LogP contribution >= 0.6 is 22.9 Å². The fourth-order valence-electron chi connectivity index (χ4n) is 3.94. The van der Waals surface area contributed by atoms with Crippen molar-refractivity contribution in [1.29, 1.82) is 0 Å². The number of rotatable bonds is 3. The fourth-order valence-corrected chi connectivity index (χ4v) is 5.06. The second kappa shape index (κ2) is 7.61. The summed E-state index contributed by atoms with van der Waals surface area (Å²) in [7, 11) is 0. The van der Waals surface area contributed by atoms with Crippen molar-refractivity contribution < 1.29 is 4.79 Å². The van der Waals surface area contributed by atoms with E-state index in [0.29, 0.717) is 32.5 Å². The van der Waals surface area contributed by atoms with E-state index in [1.165, 1.54) is 15.9 Å². The van der Waals surface area contributed by atoms with Gasteiger partial charge < -0.3 is 4.90 Å². The van der Waals surface area contributed by atoms with Crippen LogP contribution in [0.3, 0.4) is 0 Å². The SMILES string of the molecule is O=C1C(=c2sc3nc(-c4ccncc4)nn3c2=O)c2ccccc2N1Cc1ccc(Cl)cc1. The first-order valence-electron chi connectivity index (χ1n) is 10.1. The predicted molar refractivity (Wildman–Crippen MR) is 127 cm³/mol. The Labute approximate surface area is 196 Å². The third kappa shape index (κ3) is 3.23. The first-order chi connectivity index (χ1) is 16.1. The summed E-state index contributed by atoms with van der Waals surface area (Å²) < 4.78 is 1.60. The number of hydrogen-bond donors (Lipinski definition) is 0. The molecule has 160 valence electrons. The molecule has 0 fully saturated rings. The lowest BCUT2D eigenvalue weighted by atomic mass is 10.1. The zero-order valence-electron chi connectivity index (χ0n) is 17.0. The molecule has 1 aliphatic heterocycles. The topological polar surface area (TPSA) is 80.5 Å². The van der Waals surface area contributed by atoms with Crippen molar-refractivity contribution >= 4 is 45.1 Å². The molecule has 0 bridgehead atoms. The van der Waals surface area contributed by atoms with E-state index in [1.54, 1.807) is 41.6 Å². The maximum atomic E-state index is 13.5. The largest absolute Gasteiger partial charge is 0.303 e. The van der Waals surface area contributed by atoms with Gasteiger partial charge in [-0.2, -0.15) is 9.50 Å². The number of para-hydroxylation sites is 1. The number of fused-ring (bicyclic) bond motifs is 2. The molecule has 4 heterocycles. The summed E-state index contributed by atoms with van der Waals surface area (Å²) in [5, 5.41) is 5.01. The number of carbonyl (C=O) groups excluding carboxylic acids is 1. The van der Waals surface area contributed by atoms with Crippen molar-refractivity contribution in [2.24, 2.45) is 0 Å². The van der Waals surface area contributed by atoms with E-state index in [2.05, 4.69) is 15.1 Å². The molecule has 1 aliphatic rings. The van der Waals surface area contributed by atoms with Crippen LogP contribution in [0.5, 0.6) is 0 Å². The van der Waals surface area contributed by atoms with Crippen LogP contribution in [0.15, 0.2) is 77.9 Å². The fraction of sp³-hybridized carbons (Fsp3) is 0.0417. The van der Waals surface area contributed by atoms with Crippen LogP contribution in [-0.4, -0.2) is 25.5 Å². The standard InChI is InChI=1S/C24H14ClN5O2S/c25-16-7-5-14(6-8-16)13-29-18-4-2-1-3-17(18)19(22(29)31)20-23(32)30-24(33-20)27-21(28-30)15-9-11-26-12-10-15/h1-12H,13H2. The summed E-state index contributed by atoms with van der Waals surface area (Å²) in [6, 6.07) is 18.4. The van der Waals surface area contributed by atoms with E-state index >= 15 is 0 Å². The first-order valence-corrected chi connectivity index (χ1v) is 11.3. The van der Waals surface area contributed by atoms with E-state index in [-0.39, 0.29) is 11.5 Å². The molecule has 2 aromatic carbocycles. The highest BCUT2D eigenvalue weighted by Crippen LogP contribution is 2.36. The van der Waals surface area contributed by atoms with Crippen molar-refractivity contribution in [3.05, 3.63) is 104 Å². The smallest absolute Gasteiger partial charge is 0.291 e. The van der Waals surface area contributed by atoms with Crippen molar-refractivity contribution in [3.8, 4) is 11.4 Å². The molecule has 5 aromatic rings. The van der Waals surface area contributed by atoms with Crippen LogP contribution < -0.4 is 15.0 Å². The Morgan fingerprint density at radius 3 is 2.45 bits per heavy atom. The van der Waals surface area contributed by atoms with Crippen molar-refractivity contribution in [1.82, 2.24) is 19.6 Å². The lowest BCUT2D eigenvalue weighted by Gasteiger charge is -2.17. The molecular weight excluding hydrogens is 458 g/mol. The average Bonchev–Trinajstić information content (AvgIpc) is 3.47. The Kier molecular flexibility index (Phi) is 4.56. The van der Waals surface area contributed by atoms with Gasteiger partial charge in [-0.05, 0) is 35.9 Å². The Morgan fingerprint density at radius 1 is 0.939 bits per heavy atom. The van der Waals surface area contributed by atoms with Gasteiger partial charge in [-0.25, -0.2) is 0 Å². The number of halogens is 1. The van der Waals surface area contributed by atoms with Gasteiger partial charge in [-0.15, -0.1) is 5.10 Å². The number of benzene rings is 2. The maximum Gasteiger partial charge on any atom is 0.291 e. The summed E-state index contributed by atoms with van der Waals surface area (Å²) in [6.07, 6.45) is 3.29. The van der Waals surface area contributed by atoms with Gasteiger partial charge in [0.15, 0.2) is 5.82 Å². The molecule has 0 aliphatic carbocycles. The van der Waals surface area contributed by atoms with Crippen molar-refractivity contribution in [3.63, 3.8) is 0 Å². The summed E-state index contributed by atoms with van der Waals surface area (Å²) in [5.41, 5.74) is 3.24. The number of carbonyl (C=O) groups is 1. The molecule has 0 unspecified atom stereocenters. The first kappa shape index (κ1) is 19.8. The minimum absolute atomic E-state index is 0.220. The number of hydrogen-bond acceptors (Lipinski definition) is 6. The zero-order valence-corrected chi connectivity index (χ0v) is 18.5. The minimum Gasteiger partial charge on any atom is -0.303 e. The second-order valence-electron chi connectivity index (χ2n) is 7.51. The second-order valence-corrected chi connectivity index (χ2v) is 8.93. The van der Waals surface area contributed by atoms with Crippen LogP contribution in [0.2, 0.25) is 5.02 Å². The van der Waals surface area contributed by atoms with Crippen LogP contribution in [-0.2, 0) is 11.3 Å². The molecule has 33 heavy (non-hydrogen) atoms. The molecule has 0 spiro atoms. The van der Waals surface area contributed by atoms with E-state index in [0.717, 1.165) is 22.4 Å². The Balaban J connectivity index is 1.49. The van der Waals surface area contributed by atoms with E-state index in [4.69, 9.17) is 11.6 Å². The number of aromatic nitrogens is 4. The summed E-state index contributed by atoms with van der Waals surface area (Å²) in [6.45, 7) is 0.373. The molecule has 7 nitrogen and oxygen atoms in total. The van der Waals surface area contributed by atoms with Gasteiger partial charge in [0, 0.05) is 28.5 Å². The molecule has 0 saturated heterocycles. The van der Waals surface area contributed by atoms with E-state index in [1.807, 2.05) is 36.4 Å². The van der Waals surface area contributed by atoms with Crippen LogP contribution in [0, 0.1) is 0 Å². The highest BCUT2D eigenvalue weighted by Gasteiger charge is 2.34. The van der Waals surface area contributed by atoms with Crippen molar-refractivity contribution in [2.45, 2.75) is 6.54 Å². The number of pyridine rings is 1. The number of thiazole rings is 1. The van der Waals surface area contributed by atoms with Crippen LogP contribution in [0.1, 0.15) is 11.1 Å². The van der Waals surface area contributed by atoms with Gasteiger partial charge in [0.2, 0.25) is 4.96 Å². The minimum atomic E-state index is -0.352. The van der Waals surface area contributed by atoms with Gasteiger partial charge in [0.1, 0.15) is 4.53 Å². The zero-order chi connectivity index (χ0) is 22.5. The predicted octanol–water partition coefficient (Wildman–Crippen LogP) is 3.33. The monoisotopic (exact) mass is 471 g/mol. The highest BCUT2D eigenvalue weighted by molar-refractivity contribution is 7.15. The maximum absolute atomic E-state index is 13.5. The number of anilines is 1. The Hall–Kier alpha value is -3.88. The molecule has 0 atom stereocenters. The van der Waals surface area contributed by atoms with Gasteiger partial charge in [-0.3, -0.25) is 14.6 Å².